The fourth-order valence-electron chi connectivity index (χ4n) is 1.39. The van der Waals surface area contributed by atoms with Crippen LogP contribution in [0.1, 0.15) is 31.7 Å². The number of aryl methyl sites for hydroxylation is 2. The van der Waals surface area contributed by atoms with Gasteiger partial charge in [0.25, 0.3) is 0 Å². The predicted octanol–water partition coefficient (Wildman–Crippen LogP) is 2.32. The molecule has 106 valence electrons. The van der Waals surface area contributed by atoms with Crippen LogP contribution in [-0.2, 0) is 4.79 Å². The van der Waals surface area contributed by atoms with Crippen molar-refractivity contribution in [2.24, 2.45) is 5.92 Å². The molecule has 19 heavy (non-hydrogen) atoms. The number of hydrogen-bond donors (Lipinski definition) is 2. The molecule has 1 heterocycles. The number of halogens is 1. The second-order valence-electron chi connectivity index (χ2n) is 4.91. The van der Waals surface area contributed by atoms with E-state index >= 15 is 0 Å². The molecule has 0 radical (unpaired) electrons. The van der Waals surface area contributed by atoms with E-state index < -0.39 is 0 Å². The lowest BCUT2D eigenvalue weighted by Crippen LogP contribution is -2.28. The molecule has 0 saturated heterocycles. The van der Waals surface area contributed by atoms with Gasteiger partial charge in [-0.25, -0.2) is 9.97 Å². The second kappa shape index (κ2) is 7.28. The van der Waals surface area contributed by atoms with Crippen LogP contribution >= 0.6 is 11.6 Å². The van der Waals surface area contributed by atoms with Gasteiger partial charge in [0.2, 0.25) is 5.91 Å². The summed E-state index contributed by atoms with van der Waals surface area (Å²) in [5.74, 6) is 1.01. The zero-order valence-electron chi connectivity index (χ0n) is 11.9. The molecule has 5 nitrogen and oxygen atoms in total. The van der Waals surface area contributed by atoms with Crippen LogP contribution in [0.15, 0.2) is 0 Å². The lowest BCUT2D eigenvalue weighted by Gasteiger charge is -2.10. The molecular weight excluding hydrogens is 264 g/mol. The number of amides is 1. The summed E-state index contributed by atoms with van der Waals surface area (Å²) in [6.07, 6.45) is 0.387. The summed E-state index contributed by atoms with van der Waals surface area (Å²) in [4.78, 5) is 20.0. The number of anilines is 1. The Morgan fingerprint density at radius 1 is 1.26 bits per heavy atom. The monoisotopic (exact) mass is 284 g/mol. The first kappa shape index (κ1) is 15.7. The number of carbonyl (C=O) groups is 1. The zero-order chi connectivity index (χ0) is 14.4. The largest absolute Gasteiger partial charge is 0.367 e. The van der Waals surface area contributed by atoms with Crippen LogP contribution in [0.25, 0.3) is 0 Å². The van der Waals surface area contributed by atoms with Crippen molar-refractivity contribution in [3.8, 4) is 0 Å². The van der Waals surface area contributed by atoms with E-state index in [9.17, 15) is 4.79 Å². The van der Waals surface area contributed by atoms with Gasteiger partial charge in [-0.3, -0.25) is 4.79 Å². The van der Waals surface area contributed by atoms with Gasteiger partial charge >= 0.3 is 0 Å². The summed E-state index contributed by atoms with van der Waals surface area (Å²) in [5, 5.41) is 6.23. The Kier molecular flexibility index (Phi) is 6.02. The molecule has 0 aliphatic rings. The van der Waals surface area contributed by atoms with Crippen LogP contribution < -0.4 is 10.6 Å². The van der Waals surface area contributed by atoms with E-state index in [1.54, 1.807) is 0 Å². The van der Waals surface area contributed by atoms with Gasteiger partial charge in [-0.15, -0.1) is 0 Å². The van der Waals surface area contributed by atoms with E-state index in [1.165, 1.54) is 0 Å². The van der Waals surface area contributed by atoms with Gasteiger partial charge in [0.1, 0.15) is 0 Å². The van der Waals surface area contributed by atoms with E-state index in [-0.39, 0.29) is 5.91 Å². The summed E-state index contributed by atoms with van der Waals surface area (Å²) >= 11 is 5.98. The third kappa shape index (κ3) is 5.42. The molecule has 0 spiro atoms. The highest BCUT2D eigenvalue weighted by atomic mass is 35.5. The number of rotatable bonds is 6. The fourth-order valence-corrected chi connectivity index (χ4v) is 1.62. The minimum atomic E-state index is 0.0223. The third-order valence-electron chi connectivity index (χ3n) is 2.62. The molecule has 0 bridgehead atoms. The highest BCUT2D eigenvalue weighted by Crippen LogP contribution is 2.18. The first-order valence-corrected chi connectivity index (χ1v) is 6.79. The highest BCUT2D eigenvalue weighted by Gasteiger charge is 2.07. The van der Waals surface area contributed by atoms with E-state index in [0.29, 0.717) is 36.4 Å². The van der Waals surface area contributed by atoms with E-state index in [0.717, 1.165) is 11.4 Å². The Morgan fingerprint density at radius 3 is 2.53 bits per heavy atom. The van der Waals surface area contributed by atoms with E-state index in [1.807, 2.05) is 13.8 Å². The van der Waals surface area contributed by atoms with Gasteiger partial charge in [-0.05, 0) is 19.8 Å². The standard InChI is InChI=1S/C13H21ClN4O/c1-8(2)7-16-11(19)5-6-15-13-12(14)17-9(3)10(4)18-13/h8H,5-7H2,1-4H3,(H,15,18)(H,16,19). The molecular formula is C13H21ClN4O. The van der Waals surface area contributed by atoms with Gasteiger partial charge in [0, 0.05) is 19.5 Å². The van der Waals surface area contributed by atoms with E-state index in [4.69, 9.17) is 11.6 Å². The SMILES string of the molecule is Cc1nc(Cl)c(NCCC(=O)NCC(C)C)nc1C. The third-order valence-corrected chi connectivity index (χ3v) is 2.88. The van der Waals surface area contributed by atoms with Crippen molar-refractivity contribution in [2.75, 3.05) is 18.4 Å². The first-order chi connectivity index (χ1) is 8.90. The van der Waals surface area contributed by atoms with Crippen molar-refractivity contribution < 1.29 is 4.79 Å². The minimum Gasteiger partial charge on any atom is -0.367 e. The van der Waals surface area contributed by atoms with Crippen molar-refractivity contribution in [3.63, 3.8) is 0 Å². The molecule has 0 atom stereocenters. The zero-order valence-corrected chi connectivity index (χ0v) is 12.6. The van der Waals surface area contributed by atoms with Gasteiger partial charge in [-0.1, -0.05) is 25.4 Å². The normalized spacial score (nSPS) is 10.6. The molecule has 1 aromatic heterocycles. The lowest BCUT2D eigenvalue weighted by molar-refractivity contribution is -0.120. The summed E-state index contributed by atoms with van der Waals surface area (Å²) in [5.41, 5.74) is 1.64. The maximum atomic E-state index is 11.5. The Hall–Kier alpha value is -1.36. The Balaban J connectivity index is 2.41. The van der Waals surface area contributed by atoms with E-state index in [2.05, 4.69) is 34.4 Å². The van der Waals surface area contributed by atoms with Crippen molar-refractivity contribution in [1.82, 2.24) is 15.3 Å². The quantitative estimate of drug-likeness (QED) is 0.841. The second-order valence-corrected chi connectivity index (χ2v) is 5.27. The Morgan fingerprint density at radius 2 is 1.89 bits per heavy atom. The molecule has 1 aromatic rings. The van der Waals surface area contributed by atoms with Crippen LogP contribution in [-0.4, -0.2) is 29.0 Å². The fraction of sp³-hybridized carbons (Fsp3) is 0.615. The molecule has 6 heteroatoms. The van der Waals surface area contributed by atoms with Gasteiger partial charge in [0.05, 0.1) is 11.4 Å². The average molecular weight is 285 g/mol. The molecule has 1 rings (SSSR count). The molecule has 0 fully saturated rings. The smallest absolute Gasteiger partial charge is 0.221 e. The van der Waals surface area contributed by atoms with Crippen molar-refractivity contribution in [1.29, 1.82) is 0 Å². The van der Waals surface area contributed by atoms with Gasteiger partial charge in [0.15, 0.2) is 11.0 Å². The predicted molar refractivity (Wildman–Crippen MR) is 77.5 cm³/mol. The number of nitrogens with one attached hydrogen (secondary N) is 2. The number of hydrogen-bond acceptors (Lipinski definition) is 4. The molecule has 2 N–H and O–H groups in total. The minimum absolute atomic E-state index is 0.0223. The molecule has 0 saturated carbocycles. The maximum Gasteiger partial charge on any atom is 0.221 e. The van der Waals surface area contributed by atoms with Crippen LogP contribution in [0.5, 0.6) is 0 Å². The molecule has 1 amide bonds. The van der Waals surface area contributed by atoms with Crippen LogP contribution in [0, 0.1) is 19.8 Å². The summed E-state index contributed by atoms with van der Waals surface area (Å²) < 4.78 is 0. The maximum absolute atomic E-state index is 11.5. The lowest BCUT2D eigenvalue weighted by atomic mass is 10.2. The highest BCUT2D eigenvalue weighted by molar-refractivity contribution is 6.31. The Bertz CT molecular complexity index is 449. The van der Waals surface area contributed by atoms with Gasteiger partial charge < -0.3 is 10.6 Å². The first-order valence-electron chi connectivity index (χ1n) is 6.41. The molecule has 0 unspecified atom stereocenters. The van der Waals surface area contributed by atoms with Gasteiger partial charge in [-0.2, -0.15) is 0 Å². The van der Waals surface area contributed by atoms with Crippen LogP contribution in [0.3, 0.4) is 0 Å². The Labute approximate surface area is 119 Å². The number of aromatic nitrogens is 2. The summed E-state index contributed by atoms with van der Waals surface area (Å²) in [6, 6.07) is 0. The van der Waals surface area contributed by atoms with Crippen molar-refractivity contribution >= 4 is 23.3 Å². The van der Waals surface area contributed by atoms with Crippen LogP contribution in [0.4, 0.5) is 5.82 Å². The molecule has 0 aromatic carbocycles. The van der Waals surface area contributed by atoms with Crippen molar-refractivity contribution in [3.05, 3.63) is 16.5 Å². The number of nitrogens with zero attached hydrogens (tertiary/aromatic N) is 2. The molecule has 0 aliphatic carbocycles. The van der Waals surface area contributed by atoms with Crippen LogP contribution in [0.2, 0.25) is 5.15 Å². The van der Waals surface area contributed by atoms with Crippen molar-refractivity contribution in [2.45, 2.75) is 34.1 Å². The summed E-state index contributed by atoms with van der Waals surface area (Å²) in [7, 11) is 0. The summed E-state index contributed by atoms with van der Waals surface area (Å²) in [6.45, 7) is 9.03. The molecule has 0 aliphatic heterocycles. The number of carbonyl (C=O) groups excluding carboxylic acids is 1. The average Bonchev–Trinajstić information content (AvgIpc) is 2.33. The topological polar surface area (TPSA) is 66.9 Å².